The molecular formula is C15H21N3O2. The molecule has 1 unspecified atom stereocenters. The molecule has 0 saturated heterocycles. The number of nitrogens with two attached hydrogens (primary N) is 1. The predicted molar refractivity (Wildman–Crippen MR) is 77.0 cm³/mol. The fourth-order valence-corrected chi connectivity index (χ4v) is 2.20. The fourth-order valence-electron chi connectivity index (χ4n) is 2.20. The molecule has 2 aromatic rings. The summed E-state index contributed by atoms with van der Waals surface area (Å²) in [6, 6.07) is 10.1. The number of hydrogen-bond acceptors (Lipinski definition) is 4. The van der Waals surface area contributed by atoms with Gasteiger partial charge < -0.3 is 19.8 Å². The second kappa shape index (κ2) is 7.19. The Morgan fingerprint density at radius 1 is 1.20 bits per heavy atom. The van der Waals surface area contributed by atoms with Crippen LogP contribution in [0.1, 0.15) is 30.0 Å². The first-order chi connectivity index (χ1) is 9.76. The van der Waals surface area contributed by atoms with E-state index in [9.17, 15) is 0 Å². The molecule has 2 N–H and O–H groups in total. The first-order valence-corrected chi connectivity index (χ1v) is 6.62. The molecule has 5 heteroatoms. The maximum atomic E-state index is 6.21. The predicted octanol–water partition coefficient (Wildman–Crippen LogP) is 2.26. The molecule has 1 atom stereocenters. The Balaban J connectivity index is 1.99. The van der Waals surface area contributed by atoms with Gasteiger partial charge >= 0.3 is 0 Å². The SMILES string of the molecule is COC(OC)c1cncn1CCC(N)c1ccccc1. The number of aromatic nitrogens is 2. The molecule has 0 aliphatic carbocycles. The van der Waals surface area contributed by atoms with E-state index >= 15 is 0 Å². The van der Waals surface area contributed by atoms with E-state index in [1.54, 1.807) is 26.7 Å². The number of methoxy groups -OCH3 is 2. The zero-order chi connectivity index (χ0) is 14.4. The normalized spacial score (nSPS) is 12.8. The lowest BCUT2D eigenvalue weighted by molar-refractivity contribution is -0.110. The van der Waals surface area contributed by atoms with Crippen LogP contribution in [0.4, 0.5) is 0 Å². The molecule has 108 valence electrons. The summed E-state index contributed by atoms with van der Waals surface area (Å²) in [4.78, 5) is 4.15. The van der Waals surface area contributed by atoms with Crippen molar-refractivity contribution in [2.45, 2.75) is 25.3 Å². The number of benzene rings is 1. The van der Waals surface area contributed by atoms with Gasteiger partial charge in [-0.1, -0.05) is 30.3 Å². The molecule has 2 rings (SSSR count). The Kier molecular flexibility index (Phi) is 5.29. The molecule has 0 saturated carbocycles. The molecule has 0 fully saturated rings. The number of nitrogens with zero attached hydrogens (tertiary/aromatic N) is 2. The molecule has 0 aliphatic heterocycles. The fraction of sp³-hybridized carbons (Fsp3) is 0.400. The highest BCUT2D eigenvalue weighted by Crippen LogP contribution is 2.19. The number of hydrogen-bond donors (Lipinski definition) is 1. The van der Waals surface area contributed by atoms with Gasteiger partial charge in [0.15, 0.2) is 6.29 Å². The van der Waals surface area contributed by atoms with E-state index in [4.69, 9.17) is 15.2 Å². The second-order valence-corrected chi connectivity index (χ2v) is 4.62. The summed E-state index contributed by atoms with van der Waals surface area (Å²) < 4.78 is 12.5. The summed E-state index contributed by atoms with van der Waals surface area (Å²) in [6.07, 6.45) is 3.96. The molecule has 1 aromatic carbocycles. The van der Waals surface area contributed by atoms with E-state index < -0.39 is 6.29 Å². The van der Waals surface area contributed by atoms with E-state index in [0.717, 1.165) is 24.2 Å². The van der Waals surface area contributed by atoms with Gasteiger partial charge in [-0.3, -0.25) is 0 Å². The molecular weight excluding hydrogens is 254 g/mol. The van der Waals surface area contributed by atoms with Crippen molar-refractivity contribution >= 4 is 0 Å². The average Bonchev–Trinajstić information content (AvgIpc) is 2.95. The lowest BCUT2D eigenvalue weighted by Gasteiger charge is -2.17. The highest BCUT2D eigenvalue weighted by molar-refractivity contribution is 5.18. The van der Waals surface area contributed by atoms with Crippen LogP contribution in [-0.4, -0.2) is 23.8 Å². The Hall–Kier alpha value is -1.69. The largest absolute Gasteiger partial charge is 0.350 e. The maximum Gasteiger partial charge on any atom is 0.200 e. The lowest BCUT2D eigenvalue weighted by Crippen LogP contribution is -2.16. The monoisotopic (exact) mass is 275 g/mol. The zero-order valence-electron chi connectivity index (χ0n) is 11.9. The first-order valence-electron chi connectivity index (χ1n) is 6.62. The Bertz CT molecular complexity index is 509. The van der Waals surface area contributed by atoms with Crippen LogP contribution in [-0.2, 0) is 16.0 Å². The number of imidazole rings is 1. The molecule has 1 aromatic heterocycles. The van der Waals surface area contributed by atoms with Gasteiger partial charge in [-0.25, -0.2) is 4.98 Å². The van der Waals surface area contributed by atoms with Crippen molar-refractivity contribution in [1.29, 1.82) is 0 Å². The minimum absolute atomic E-state index is 0.00925. The molecule has 0 radical (unpaired) electrons. The molecule has 0 amide bonds. The molecule has 20 heavy (non-hydrogen) atoms. The van der Waals surface area contributed by atoms with Gasteiger partial charge in [-0.15, -0.1) is 0 Å². The van der Waals surface area contributed by atoms with E-state index in [1.807, 2.05) is 34.9 Å². The Morgan fingerprint density at radius 2 is 1.90 bits per heavy atom. The maximum absolute atomic E-state index is 6.21. The van der Waals surface area contributed by atoms with E-state index in [2.05, 4.69) is 4.98 Å². The number of aryl methyl sites for hydroxylation is 1. The highest BCUT2D eigenvalue weighted by atomic mass is 16.7. The van der Waals surface area contributed by atoms with Crippen LogP contribution in [0.3, 0.4) is 0 Å². The van der Waals surface area contributed by atoms with Gasteiger partial charge in [0, 0.05) is 26.8 Å². The Morgan fingerprint density at radius 3 is 2.55 bits per heavy atom. The third kappa shape index (κ3) is 3.45. The van der Waals surface area contributed by atoms with Gasteiger partial charge in [-0.05, 0) is 12.0 Å². The van der Waals surface area contributed by atoms with Gasteiger partial charge in [0.05, 0.1) is 18.2 Å². The van der Waals surface area contributed by atoms with Gasteiger partial charge in [0.1, 0.15) is 0 Å². The minimum atomic E-state index is -0.398. The summed E-state index contributed by atoms with van der Waals surface area (Å²) in [6.45, 7) is 0.772. The smallest absolute Gasteiger partial charge is 0.200 e. The molecule has 0 spiro atoms. The van der Waals surface area contributed by atoms with Crippen LogP contribution >= 0.6 is 0 Å². The van der Waals surface area contributed by atoms with Crippen LogP contribution in [0.15, 0.2) is 42.9 Å². The first kappa shape index (κ1) is 14.7. The molecule has 1 heterocycles. The van der Waals surface area contributed by atoms with Crippen molar-refractivity contribution in [1.82, 2.24) is 9.55 Å². The molecule has 5 nitrogen and oxygen atoms in total. The second-order valence-electron chi connectivity index (χ2n) is 4.62. The van der Waals surface area contributed by atoms with Crippen molar-refractivity contribution in [3.05, 3.63) is 54.1 Å². The summed E-state index contributed by atoms with van der Waals surface area (Å²) >= 11 is 0. The van der Waals surface area contributed by atoms with Gasteiger partial charge in [-0.2, -0.15) is 0 Å². The number of rotatable bonds is 7. The van der Waals surface area contributed by atoms with Crippen LogP contribution in [0, 0.1) is 0 Å². The quantitative estimate of drug-likeness (QED) is 0.787. The Labute approximate surface area is 119 Å². The van der Waals surface area contributed by atoms with Crippen molar-refractivity contribution < 1.29 is 9.47 Å². The summed E-state index contributed by atoms with van der Waals surface area (Å²) in [5, 5.41) is 0. The van der Waals surface area contributed by atoms with Crippen LogP contribution in [0.2, 0.25) is 0 Å². The van der Waals surface area contributed by atoms with Crippen molar-refractivity contribution in [2.24, 2.45) is 5.73 Å². The standard InChI is InChI=1S/C15H21N3O2/c1-19-15(20-2)14-10-17-11-18(14)9-8-13(16)12-6-4-3-5-7-12/h3-7,10-11,13,15H,8-9,16H2,1-2H3. The van der Waals surface area contributed by atoms with Crippen molar-refractivity contribution in [3.63, 3.8) is 0 Å². The van der Waals surface area contributed by atoms with Crippen LogP contribution in [0.5, 0.6) is 0 Å². The third-order valence-electron chi connectivity index (χ3n) is 3.32. The van der Waals surface area contributed by atoms with E-state index in [-0.39, 0.29) is 6.04 Å². The third-order valence-corrected chi connectivity index (χ3v) is 3.32. The summed E-state index contributed by atoms with van der Waals surface area (Å²) in [5.74, 6) is 0. The van der Waals surface area contributed by atoms with E-state index in [1.165, 1.54) is 0 Å². The molecule has 0 bridgehead atoms. The van der Waals surface area contributed by atoms with Gasteiger partial charge in [0.25, 0.3) is 0 Å². The van der Waals surface area contributed by atoms with E-state index in [0.29, 0.717) is 0 Å². The minimum Gasteiger partial charge on any atom is -0.350 e. The van der Waals surface area contributed by atoms with Crippen molar-refractivity contribution in [3.8, 4) is 0 Å². The zero-order valence-corrected chi connectivity index (χ0v) is 11.9. The summed E-state index contributed by atoms with van der Waals surface area (Å²) in [7, 11) is 3.22. The van der Waals surface area contributed by atoms with Crippen molar-refractivity contribution in [2.75, 3.05) is 14.2 Å². The highest BCUT2D eigenvalue weighted by Gasteiger charge is 2.15. The van der Waals surface area contributed by atoms with Crippen LogP contribution < -0.4 is 5.73 Å². The van der Waals surface area contributed by atoms with Gasteiger partial charge in [0.2, 0.25) is 0 Å². The van der Waals surface area contributed by atoms with Crippen LogP contribution in [0.25, 0.3) is 0 Å². The average molecular weight is 275 g/mol. The lowest BCUT2D eigenvalue weighted by atomic mass is 10.1. The number of ether oxygens (including phenoxy) is 2. The summed E-state index contributed by atoms with van der Waals surface area (Å²) in [5.41, 5.74) is 8.25. The topological polar surface area (TPSA) is 62.3 Å². The molecule has 0 aliphatic rings.